The summed E-state index contributed by atoms with van der Waals surface area (Å²) in [7, 11) is 0. The molecule has 3 heterocycles. The molecule has 0 bridgehead atoms. The summed E-state index contributed by atoms with van der Waals surface area (Å²) in [5.74, 6) is -3.96. The number of carbonyl (C=O) groups excluding carboxylic acids is 1. The molecule has 190 valence electrons. The van der Waals surface area contributed by atoms with Crippen molar-refractivity contribution in [3.05, 3.63) is 63.7 Å². The summed E-state index contributed by atoms with van der Waals surface area (Å²) in [5, 5.41) is 22.9. The molecular weight excluding hydrogens is 477 g/mol. The zero-order valence-electron chi connectivity index (χ0n) is 19.6. The molecule has 0 spiro atoms. The van der Waals surface area contributed by atoms with Crippen molar-refractivity contribution in [3.63, 3.8) is 0 Å². The Kier molecular flexibility index (Phi) is 5.79. The lowest BCUT2D eigenvalue weighted by molar-refractivity contribution is 0.0901. The maximum absolute atomic E-state index is 14.9. The van der Waals surface area contributed by atoms with Gasteiger partial charge in [-0.2, -0.15) is 0 Å². The minimum atomic E-state index is -1.26. The Morgan fingerprint density at radius 3 is 2.39 bits per heavy atom. The lowest BCUT2D eigenvalue weighted by Crippen LogP contribution is -2.46. The summed E-state index contributed by atoms with van der Waals surface area (Å²) in [4.78, 5) is 32.2. The number of carbonyl (C=O) groups is 1. The average molecular weight is 502 g/mol. The molecule has 36 heavy (non-hydrogen) atoms. The number of amides is 1. The Balaban J connectivity index is 1.72. The maximum atomic E-state index is 14.9. The van der Waals surface area contributed by atoms with Crippen molar-refractivity contribution < 1.29 is 28.2 Å². The normalized spacial score (nSPS) is 20.2. The summed E-state index contributed by atoms with van der Waals surface area (Å²) in [6.45, 7) is 3.73. The van der Waals surface area contributed by atoms with Gasteiger partial charge in [-0.15, -0.1) is 0 Å². The van der Waals surface area contributed by atoms with E-state index < -0.39 is 52.3 Å². The van der Waals surface area contributed by atoms with Gasteiger partial charge in [-0.1, -0.05) is 0 Å². The van der Waals surface area contributed by atoms with Gasteiger partial charge in [0.25, 0.3) is 5.91 Å². The van der Waals surface area contributed by atoms with E-state index in [1.807, 2.05) is 13.8 Å². The van der Waals surface area contributed by atoms with Gasteiger partial charge in [0, 0.05) is 36.8 Å². The molecular formula is C25H25F3N4O4. The molecule has 1 aromatic carbocycles. The summed E-state index contributed by atoms with van der Waals surface area (Å²) >= 11 is 0. The van der Waals surface area contributed by atoms with E-state index in [0.29, 0.717) is 12.1 Å². The van der Waals surface area contributed by atoms with Crippen molar-refractivity contribution in [2.75, 3.05) is 11.4 Å². The van der Waals surface area contributed by atoms with Gasteiger partial charge in [0.15, 0.2) is 17.3 Å². The first kappa shape index (κ1) is 24.3. The zero-order valence-corrected chi connectivity index (χ0v) is 19.6. The number of fused-ring (bicyclic) bond motifs is 1. The third kappa shape index (κ3) is 4.22. The number of nitrogens with one attached hydrogen (secondary N) is 1. The molecule has 5 rings (SSSR count). The molecule has 2 aromatic heterocycles. The number of pyridine rings is 2. The zero-order chi connectivity index (χ0) is 25.9. The standard InChI is InChI=1S/C25H25F3N4O4/c1-25(2,12-3-4-12)30-24(36)16-11-32(21-17(27)7-13(26)8-18(21)28)23-15(22(16)35)5-6-19(29-23)31-10-14(33)9-20(31)34/h5-8,11-12,14,20,33-34H,3-4,9-10H2,1-2H3,(H,30,36)/t14-,20?/m0/s1. The van der Waals surface area contributed by atoms with Gasteiger partial charge >= 0.3 is 0 Å². The fraction of sp³-hybridized carbons (Fsp3) is 0.400. The molecule has 1 aliphatic carbocycles. The molecule has 2 fully saturated rings. The number of hydrogen-bond acceptors (Lipinski definition) is 6. The predicted molar refractivity (Wildman–Crippen MR) is 125 cm³/mol. The summed E-state index contributed by atoms with van der Waals surface area (Å²) in [5.41, 5.74) is -2.57. The molecule has 3 N–H and O–H groups in total. The number of aliphatic hydroxyl groups excluding tert-OH is 2. The van der Waals surface area contributed by atoms with Gasteiger partial charge < -0.3 is 20.4 Å². The molecule has 1 saturated carbocycles. The van der Waals surface area contributed by atoms with Crippen molar-refractivity contribution in [1.29, 1.82) is 0 Å². The summed E-state index contributed by atoms with van der Waals surface area (Å²) in [6.07, 6.45) is 1.07. The number of hydrogen-bond donors (Lipinski definition) is 3. The number of benzene rings is 1. The SMILES string of the molecule is CC(C)(NC(=O)c1cn(-c2c(F)cc(F)cc2F)c2nc(N3C[C@@H](O)CC3O)ccc2c1=O)C1CC1. The van der Waals surface area contributed by atoms with Crippen LogP contribution in [-0.2, 0) is 0 Å². The number of halogens is 3. The Morgan fingerprint density at radius 2 is 1.81 bits per heavy atom. The first-order valence-electron chi connectivity index (χ1n) is 11.6. The summed E-state index contributed by atoms with van der Waals surface area (Å²) < 4.78 is 44.3. The lowest BCUT2D eigenvalue weighted by atomic mass is 9.98. The van der Waals surface area contributed by atoms with Crippen molar-refractivity contribution in [2.45, 2.75) is 51.0 Å². The molecule has 1 saturated heterocycles. The van der Waals surface area contributed by atoms with Crippen LogP contribution in [0, 0.1) is 23.4 Å². The van der Waals surface area contributed by atoms with E-state index in [1.54, 1.807) is 0 Å². The fourth-order valence-electron chi connectivity index (χ4n) is 4.76. The Bertz CT molecular complexity index is 1410. The minimum Gasteiger partial charge on any atom is -0.391 e. The topological polar surface area (TPSA) is 108 Å². The van der Waals surface area contributed by atoms with Crippen molar-refractivity contribution in [1.82, 2.24) is 14.9 Å². The van der Waals surface area contributed by atoms with Gasteiger partial charge in [-0.3, -0.25) is 14.2 Å². The first-order valence-corrected chi connectivity index (χ1v) is 11.6. The highest BCUT2D eigenvalue weighted by Gasteiger charge is 2.39. The Morgan fingerprint density at radius 1 is 1.14 bits per heavy atom. The lowest BCUT2D eigenvalue weighted by Gasteiger charge is -2.26. The number of β-amino-alcohol motifs (C(OH)–C–C–N with tert-alkyl or cyclic N) is 1. The van der Waals surface area contributed by atoms with Crippen molar-refractivity contribution in [2.24, 2.45) is 5.92 Å². The quantitative estimate of drug-likeness (QED) is 0.495. The monoisotopic (exact) mass is 502 g/mol. The highest BCUT2D eigenvalue weighted by atomic mass is 19.1. The second-order valence-corrected chi connectivity index (χ2v) is 9.97. The molecule has 2 aliphatic rings. The van der Waals surface area contributed by atoms with Crippen molar-refractivity contribution >= 4 is 22.8 Å². The van der Waals surface area contributed by atoms with Crippen LogP contribution in [-0.4, -0.2) is 50.1 Å². The van der Waals surface area contributed by atoms with Crippen LogP contribution in [0.3, 0.4) is 0 Å². The van der Waals surface area contributed by atoms with Crippen LogP contribution < -0.4 is 15.6 Å². The minimum absolute atomic E-state index is 0.0555. The second-order valence-electron chi connectivity index (χ2n) is 9.97. The van der Waals surface area contributed by atoms with Gasteiger partial charge in [0.05, 0.1) is 11.5 Å². The Hall–Kier alpha value is -3.44. The van der Waals surface area contributed by atoms with Crippen LogP contribution in [0.1, 0.15) is 43.5 Å². The van der Waals surface area contributed by atoms with E-state index in [9.17, 15) is 33.0 Å². The van der Waals surface area contributed by atoms with E-state index in [2.05, 4.69) is 10.3 Å². The van der Waals surface area contributed by atoms with Crippen LogP contribution in [0.5, 0.6) is 0 Å². The number of anilines is 1. The van der Waals surface area contributed by atoms with Gasteiger partial charge in [-0.25, -0.2) is 18.2 Å². The maximum Gasteiger partial charge on any atom is 0.257 e. The molecule has 1 unspecified atom stereocenters. The molecule has 2 atom stereocenters. The highest BCUT2D eigenvalue weighted by Crippen LogP contribution is 2.39. The number of nitrogens with zero attached hydrogens (tertiary/aromatic N) is 3. The fourth-order valence-corrected chi connectivity index (χ4v) is 4.76. The third-order valence-electron chi connectivity index (χ3n) is 6.88. The largest absolute Gasteiger partial charge is 0.391 e. The number of aliphatic hydroxyl groups is 2. The summed E-state index contributed by atoms with van der Waals surface area (Å²) in [6, 6.07) is 3.74. The van der Waals surface area contributed by atoms with Crippen LogP contribution in [0.2, 0.25) is 0 Å². The van der Waals surface area contributed by atoms with E-state index in [4.69, 9.17) is 0 Å². The highest BCUT2D eigenvalue weighted by molar-refractivity contribution is 5.97. The van der Waals surface area contributed by atoms with Crippen LogP contribution >= 0.6 is 0 Å². The third-order valence-corrected chi connectivity index (χ3v) is 6.88. The van der Waals surface area contributed by atoms with Gasteiger partial charge in [0.2, 0.25) is 5.43 Å². The Labute approximate surface area is 204 Å². The van der Waals surface area contributed by atoms with Crippen LogP contribution in [0.15, 0.2) is 35.3 Å². The van der Waals surface area contributed by atoms with Crippen LogP contribution in [0.25, 0.3) is 16.7 Å². The second kappa shape index (κ2) is 8.59. The molecule has 11 heteroatoms. The van der Waals surface area contributed by atoms with E-state index in [1.165, 1.54) is 17.0 Å². The number of aromatic nitrogens is 2. The molecule has 0 radical (unpaired) electrons. The van der Waals surface area contributed by atoms with Gasteiger partial charge in [-0.05, 0) is 44.7 Å². The average Bonchev–Trinajstić information content (AvgIpc) is 3.59. The predicted octanol–water partition coefficient (Wildman–Crippen LogP) is 2.61. The number of rotatable bonds is 5. The van der Waals surface area contributed by atoms with Crippen molar-refractivity contribution in [3.8, 4) is 5.69 Å². The van der Waals surface area contributed by atoms with E-state index in [0.717, 1.165) is 23.6 Å². The molecule has 3 aromatic rings. The molecule has 8 nitrogen and oxygen atoms in total. The van der Waals surface area contributed by atoms with E-state index in [-0.39, 0.29) is 41.3 Å². The smallest absolute Gasteiger partial charge is 0.257 e. The van der Waals surface area contributed by atoms with Crippen LogP contribution in [0.4, 0.5) is 19.0 Å². The van der Waals surface area contributed by atoms with E-state index >= 15 is 0 Å². The molecule has 1 amide bonds. The molecule has 1 aliphatic heterocycles. The van der Waals surface area contributed by atoms with Gasteiger partial charge in [0.1, 0.15) is 29.1 Å². The first-order chi connectivity index (χ1) is 17.0.